The third-order valence-electron chi connectivity index (χ3n) is 1.36. The molecule has 0 aliphatic carbocycles. The lowest BCUT2D eigenvalue weighted by Gasteiger charge is -2.13. The van der Waals surface area contributed by atoms with Gasteiger partial charge in [0.25, 0.3) is 0 Å². The van der Waals surface area contributed by atoms with E-state index in [-0.39, 0.29) is 12.2 Å². The van der Waals surface area contributed by atoms with Gasteiger partial charge < -0.3 is 10.2 Å². The van der Waals surface area contributed by atoms with E-state index < -0.39 is 0 Å². The molecule has 0 aromatic rings. The number of hydrogen-bond acceptors (Lipinski definition) is 2. The van der Waals surface area contributed by atoms with Gasteiger partial charge in [-0.3, -0.25) is 0 Å². The topological polar surface area (TPSA) is 40.5 Å². The highest BCUT2D eigenvalue weighted by Gasteiger charge is 2.08. The van der Waals surface area contributed by atoms with Crippen molar-refractivity contribution in [1.29, 1.82) is 0 Å². The zero-order chi connectivity index (χ0) is 8.15. The molecule has 0 aliphatic heterocycles. The number of rotatable bonds is 4. The zero-order valence-corrected chi connectivity index (χ0v) is 7.04. The second kappa shape index (κ2) is 4.69. The van der Waals surface area contributed by atoms with Crippen molar-refractivity contribution in [1.82, 2.24) is 0 Å². The Morgan fingerprint density at radius 1 is 1.00 bits per heavy atom. The van der Waals surface area contributed by atoms with E-state index in [0.717, 1.165) is 6.42 Å². The summed E-state index contributed by atoms with van der Waals surface area (Å²) in [5.41, 5.74) is 0. The molecule has 0 radical (unpaired) electrons. The quantitative estimate of drug-likeness (QED) is 0.625. The lowest BCUT2D eigenvalue weighted by atomic mass is 10.0. The summed E-state index contributed by atoms with van der Waals surface area (Å²) in [6, 6.07) is 0. The lowest BCUT2D eigenvalue weighted by molar-refractivity contribution is 0.0772. The number of aliphatic hydroxyl groups is 2. The standard InChI is InChI=1S/C8H18O2/c1-6(2)4-8(10)5-7(3)9/h6-10H,4-5H2,1-3H3/t7-,8-/m1/s1. The van der Waals surface area contributed by atoms with Gasteiger partial charge in [-0.1, -0.05) is 13.8 Å². The summed E-state index contributed by atoms with van der Waals surface area (Å²) in [5, 5.41) is 18.1. The van der Waals surface area contributed by atoms with Crippen LogP contribution >= 0.6 is 0 Å². The van der Waals surface area contributed by atoms with Crippen LogP contribution in [0.4, 0.5) is 0 Å². The Morgan fingerprint density at radius 2 is 1.50 bits per heavy atom. The van der Waals surface area contributed by atoms with Crippen LogP contribution in [0.25, 0.3) is 0 Å². The highest BCUT2D eigenvalue weighted by Crippen LogP contribution is 2.08. The van der Waals surface area contributed by atoms with Gasteiger partial charge in [0.05, 0.1) is 12.2 Å². The summed E-state index contributed by atoms with van der Waals surface area (Å²) in [6.45, 7) is 5.82. The third-order valence-corrected chi connectivity index (χ3v) is 1.36. The van der Waals surface area contributed by atoms with Crippen LogP contribution in [0.1, 0.15) is 33.6 Å². The van der Waals surface area contributed by atoms with Crippen LogP contribution < -0.4 is 0 Å². The first-order valence-electron chi connectivity index (χ1n) is 3.88. The van der Waals surface area contributed by atoms with Gasteiger partial charge in [-0.05, 0) is 25.7 Å². The van der Waals surface area contributed by atoms with Crippen molar-refractivity contribution < 1.29 is 10.2 Å². The van der Waals surface area contributed by atoms with E-state index in [2.05, 4.69) is 13.8 Å². The number of aliphatic hydroxyl groups excluding tert-OH is 2. The molecular formula is C8H18O2. The molecule has 0 aliphatic rings. The molecule has 0 aromatic carbocycles. The second-order valence-electron chi connectivity index (χ2n) is 3.37. The van der Waals surface area contributed by atoms with Gasteiger partial charge in [-0.25, -0.2) is 0 Å². The smallest absolute Gasteiger partial charge is 0.0567 e. The lowest BCUT2D eigenvalue weighted by Crippen LogP contribution is -2.16. The van der Waals surface area contributed by atoms with Crippen molar-refractivity contribution in [3.63, 3.8) is 0 Å². The zero-order valence-electron chi connectivity index (χ0n) is 7.04. The van der Waals surface area contributed by atoms with Crippen molar-refractivity contribution in [2.45, 2.75) is 45.8 Å². The molecule has 2 heteroatoms. The van der Waals surface area contributed by atoms with Gasteiger partial charge in [-0.15, -0.1) is 0 Å². The first-order valence-corrected chi connectivity index (χ1v) is 3.88. The predicted molar refractivity (Wildman–Crippen MR) is 41.8 cm³/mol. The largest absolute Gasteiger partial charge is 0.393 e. The Kier molecular flexibility index (Phi) is 4.65. The molecule has 0 fully saturated rings. The molecule has 2 N–H and O–H groups in total. The maximum absolute atomic E-state index is 9.23. The van der Waals surface area contributed by atoms with Crippen molar-refractivity contribution in [3.05, 3.63) is 0 Å². The molecule has 0 saturated carbocycles. The summed E-state index contributed by atoms with van der Waals surface area (Å²) in [7, 11) is 0. The Morgan fingerprint density at radius 3 is 1.80 bits per heavy atom. The minimum atomic E-state index is -0.381. The molecule has 0 rings (SSSR count). The molecule has 0 heterocycles. The molecule has 0 unspecified atom stereocenters. The summed E-state index contributed by atoms with van der Waals surface area (Å²) in [4.78, 5) is 0. The predicted octanol–water partition coefficient (Wildman–Crippen LogP) is 1.16. The van der Waals surface area contributed by atoms with Crippen LogP contribution in [0.2, 0.25) is 0 Å². The molecule has 0 amide bonds. The average Bonchev–Trinajstić information content (AvgIpc) is 1.58. The van der Waals surface area contributed by atoms with Crippen molar-refractivity contribution in [3.8, 4) is 0 Å². The summed E-state index contributed by atoms with van der Waals surface area (Å²) in [5.74, 6) is 0.508. The van der Waals surface area contributed by atoms with E-state index in [0.29, 0.717) is 12.3 Å². The Hall–Kier alpha value is -0.0800. The van der Waals surface area contributed by atoms with Crippen LogP contribution in [0.15, 0.2) is 0 Å². The maximum Gasteiger partial charge on any atom is 0.0567 e. The second-order valence-corrected chi connectivity index (χ2v) is 3.37. The van der Waals surface area contributed by atoms with Crippen LogP contribution in [0.5, 0.6) is 0 Å². The molecule has 0 saturated heterocycles. The fraction of sp³-hybridized carbons (Fsp3) is 1.00. The van der Waals surface area contributed by atoms with Crippen molar-refractivity contribution in [2.75, 3.05) is 0 Å². The van der Waals surface area contributed by atoms with Crippen LogP contribution in [-0.2, 0) is 0 Å². The molecule has 0 aromatic heterocycles. The highest BCUT2D eigenvalue weighted by atomic mass is 16.3. The van der Waals surface area contributed by atoms with E-state index in [1.165, 1.54) is 0 Å². The SMILES string of the molecule is CC(C)C[C@@H](O)C[C@@H](C)O. The minimum absolute atomic E-state index is 0.333. The molecule has 0 spiro atoms. The Balaban J connectivity index is 3.34. The molecule has 10 heavy (non-hydrogen) atoms. The van der Waals surface area contributed by atoms with E-state index in [1.54, 1.807) is 6.92 Å². The summed E-state index contributed by atoms with van der Waals surface area (Å²) < 4.78 is 0. The first kappa shape index (κ1) is 9.92. The fourth-order valence-corrected chi connectivity index (χ4v) is 1.03. The van der Waals surface area contributed by atoms with Gasteiger partial charge in [-0.2, -0.15) is 0 Å². The molecule has 2 atom stereocenters. The van der Waals surface area contributed by atoms with Crippen molar-refractivity contribution >= 4 is 0 Å². The van der Waals surface area contributed by atoms with Crippen LogP contribution in [0.3, 0.4) is 0 Å². The van der Waals surface area contributed by atoms with Gasteiger partial charge in [0.2, 0.25) is 0 Å². The summed E-state index contributed by atoms with van der Waals surface area (Å²) >= 11 is 0. The van der Waals surface area contributed by atoms with Crippen LogP contribution in [-0.4, -0.2) is 22.4 Å². The van der Waals surface area contributed by atoms with Gasteiger partial charge in [0, 0.05) is 0 Å². The fourth-order valence-electron chi connectivity index (χ4n) is 1.03. The van der Waals surface area contributed by atoms with Crippen molar-refractivity contribution in [2.24, 2.45) is 5.92 Å². The molecule has 62 valence electrons. The first-order chi connectivity index (χ1) is 4.52. The van der Waals surface area contributed by atoms with Gasteiger partial charge >= 0.3 is 0 Å². The molecule has 0 bridgehead atoms. The van der Waals surface area contributed by atoms with Gasteiger partial charge in [0.1, 0.15) is 0 Å². The van der Waals surface area contributed by atoms with E-state index in [9.17, 15) is 5.11 Å². The highest BCUT2D eigenvalue weighted by molar-refractivity contribution is 4.61. The number of hydrogen-bond donors (Lipinski definition) is 2. The van der Waals surface area contributed by atoms with E-state index in [4.69, 9.17) is 5.11 Å². The van der Waals surface area contributed by atoms with E-state index >= 15 is 0 Å². The Bertz CT molecular complexity index is 69.3. The monoisotopic (exact) mass is 146 g/mol. The maximum atomic E-state index is 9.23. The minimum Gasteiger partial charge on any atom is -0.393 e. The van der Waals surface area contributed by atoms with Gasteiger partial charge in [0.15, 0.2) is 0 Å². The third kappa shape index (κ3) is 6.05. The molecular weight excluding hydrogens is 128 g/mol. The molecule has 2 nitrogen and oxygen atoms in total. The summed E-state index contributed by atoms with van der Waals surface area (Å²) in [6.07, 6.45) is 0.567. The van der Waals surface area contributed by atoms with E-state index in [1.807, 2.05) is 0 Å². The Labute approximate surface area is 62.9 Å². The average molecular weight is 146 g/mol. The normalized spacial score (nSPS) is 17.4. The van der Waals surface area contributed by atoms with Crippen LogP contribution in [0, 0.1) is 5.92 Å².